The molecule has 1 heterocycles. The number of rotatable bonds is 7. The minimum absolute atomic E-state index is 0.635. The van der Waals surface area contributed by atoms with Crippen molar-refractivity contribution in [1.82, 2.24) is 10.3 Å². The summed E-state index contributed by atoms with van der Waals surface area (Å²) in [6, 6.07) is 7.84. The molecule has 0 saturated heterocycles. The lowest BCUT2D eigenvalue weighted by atomic mass is 10.1. The summed E-state index contributed by atoms with van der Waals surface area (Å²) in [5, 5.41) is 3.27. The fourth-order valence-electron chi connectivity index (χ4n) is 1.84. The standard InChI is InChI=1S/C15H20N2O2/c1-3-9-16-11-15-17-10-14(19-15)12-7-5-6-8-13(12)18-4-2/h5-8,10,16H,3-4,9,11H2,1-2H3. The summed E-state index contributed by atoms with van der Waals surface area (Å²) in [5.41, 5.74) is 0.943. The van der Waals surface area contributed by atoms with E-state index in [9.17, 15) is 0 Å². The maximum Gasteiger partial charge on any atom is 0.208 e. The lowest BCUT2D eigenvalue weighted by Crippen LogP contribution is -2.13. The van der Waals surface area contributed by atoms with E-state index >= 15 is 0 Å². The average molecular weight is 260 g/mol. The van der Waals surface area contributed by atoms with Gasteiger partial charge in [-0.05, 0) is 32.0 Å². The van der Waals surface area contributed by atoms with Gasteiger partial charge < -0.3 is 14.5 Å². The van der Waals surface area contributed by atoms with E-state index in [1.165, 1.54) is 0 Å². The second-order valence-electron chi connectivity index (χ2n) is 4.22. The van der Waals surface area contributed by atoms with Crippen LogP contribution >= 0.6 is 0 Å². The number of para-hydroxylation sites is 1. The van der Waals surface area contributed by atoms with Gasteiger partial charge in [-0.1, -0.05) is 19.1 Å². The van der Waals surface area contributed by atoms with Crippen LogP contribution in [0, 0.1) is 0 Å². The zero-order chi connectivity index (χ0) is 13.5. The lowest BCUT2D eigenvalue weighted by Gasteiger charge is -2.07. The number of benzene rings is 1. The topological polar surface area (TPSA) is 47.3 Å². The number of aromatic nitrogens is 1. The molecule has 0 atom stereocenters. The summed E-state index contributed by atoms with van der Waals surface area (Å²) in [4.78, 5) is 4.28. The van der Waals surface area contributed by atoms with Crippen molar-refractivity contribution in [3.05, 3.63) is 36.4 Å². The van der Waals surface area contributed by atoms with Crippen molar-refractivity contribution in [3.63, 3.8) is 0 Å². The minimum atomic E-state index is 0.635. The summed E-state index contributed by atoms with van der Waals surface area (Å²) in [6.45, 7) is 6.36. The third-order valence-corrected chi connectivity index (χ3v) is 2.71. The molecule has 1 N–H and O–H groups in total. The van der Waals surface area contributed by atoms with E-state index < -0.39 is 0 Å². The quantitative estimate of drug-likeness (QED) is 0.776. The van der Waals surface area contributed by atoms with Crippen LogP contribution in [0.15, 0.2) is 34.9 Å². The third kappa shape index (κ3) is 3.58. The lowest BCUT2D eigenvalue weighted by molar-refractivity contribution is 0.340. The first-order valence-corrected chi connectivity index (χ1v) is 6.72. The van der Waals surface area contributed by atoms with Crippen molar-refractivity contribution in [2.45, 2.75) is 26.8 Å². The molecule has 0 saturated carbocycles. The summed E-state index contributed by atoms with van der Waals surface area (Å²) < 4.78 is 11.3. The van der Waals surface area contributed by atoms with Gasteiger partial charge in [0, 0.05) is 0 Å². The molecular weight excluding hydrogens is 240 g/mol. The second kappa shape index (κ2) is 6.95. The van der Waals surface area contributed by atoms with Gasteiger partial charge in [-0.25, -0.2) is 4.98 Å². The van der Waals surface area contributed by atoms with Crippen molar-refractivity contribution in [2.75, 3.05) is 13.2 Å². The molecule has 0 bridgehead atoms. The number of hydrogen-bond donors (Lipinski definition) is 1. The molecule has 1 aromatic heterocycles. The van der Waals surface area contributed by atoms with Gasteiger partial charge in [-0.2, -0.15) is 0 Å². The van der Waals surface area contributed by atoms with Gasteiger partial charge in [-0.3, -0.25) is 0 Å². The second-order valence-corrected chi connectivity index (χ2v) is 4.22. The average Bonchev–Trinajstić information content (AvgIpc) is 2.89. The Bertz CT molecular complexity index is 508. The Morgan fingerprint density at radius 2 is 2.11 bits per heavy atom. The third-order valence-electron chi connectivity index (χ3n) is 2.71. The predicted octanol–water partition coefficient (Wildman–Crippen LogP) is 3.24. The zero-order valence-electron chi connectivity index (χ0n) is 11.5. The van der Waals surface area contributed by atoms with E-state index in [1.807, 2.05) is 31.2 Å². The van der Waals surface area contributed by atoms with E-state index in [0.717, 1.165) is 30.0 Å². The highest BCUT2D eigenvalue weighted by Crippen LogP contribution is 2.30. The van der Waals surface area contributed by atoms with Crippen molar-refractivity contribution < 1.29 is 9.15 Å². The van der Waals surface area contributed by atoms with Gasteiger partial charge in [0.1, 0.15) is 5.75 Å². The van der Waals surface area contributed by atoms with Crippen LogP contribution in [-0.4, -0.2) is 18.1 Å². The molecule has 2 aromatic rings. The summed E-state index contributed by atoms with van der Waals surface area (Å²) in [5.74, 6) is 2.28. The molecule has 0 fully saturated rings. The molecule has 0 aliphatic rings. The fourth-order valence-corrected chi connectivity index (χ4v) is 1.84. The molecule has 0 aliphatic heterocycles. The highest BCUT2D eigenvalue weighted by Gasteiger charge is 2.10. The number of oxazole rings is 1. The van der Waals surface area contributed by atoms with Gasteiger partial charge in [-0.15, -0.1) is 0 Å². The Morgan fingerprint density at radius 1 is 1.26 bits per heavy atom. The number of hydrogen-bond acceptors (Lipinski definition) is 4. The van der Waals surface area contributed by atoms with Gasteiger partial charge in [0.15, 0.2) is 5.76 Å². The van der Waals surface area contributed by atoms with E-state index in [4.69, 9.17) is 9.15 Å². The molecule has 0 radical (unpaired) electrons. The van der Waals surface area contributed by atoms with Crippen molar-refractivity contribution >= 4 is 0 Å². The van der Waals surface area contributed by atoms with E-state index in [0.29, 0.717) is 19.0 Å². The van der Waals surface area contributed by atoms with Gasteiger partial charge in [0.2, 0.25) is 5.89 Å². The molecule has 19 heavy (non-hydrogen) atoms. The first-order valence-electron chi connectivity index (χ1n) is 6.72. The molecule has 0 amide bonds. The fraction of sp³-hybridized carbons (Fsp3) is 0.400. The molecule has 4 heteroatoms. The van der Waals surface area contributed by atoms with Crippen molar-refractivity contribution in [3.8, 4) is 17.1 Å². The molecule has 0 unspecified atom stereocenters. The van der Waals surface area contributed by atoms with Crippen LogP contribution in [-0.2, 0) is 6.54 Å². The van der Waals surface area contributed by atoms with Gasteiger partial charge >= 0.3 is 0 Å². The summed E-state index contributed by atoms with van der Waals surface area (Å²) in [6.07, 6.45) is 2.85. The maximum absolute atomic E-state index is 5.75. The van der Waals surface area contributed by atoms with E-state index in [1.54, 1.807) is 6.20 Å². The largest absolute Gasteiger partial charge is 0.493 e. The van der Waals surface area contributed by atoms with Crippen LogP contribution < -0.4 is 10.1 Å². The first-order chi connectivity index (χ1) is 9.35. The van der Waals surface area contributed by atoms with Gasteiger partial charge in [0.25, 0.3) is 0 Å². The molecule has 0 aliphatic carbocycles. The highest BCUT2D eigenvalue weighted by atomic mass is 16.5. The SMILES string of the molecule is CCCNCc1ncc(-c2ccccc2OCC)o1. The Labute approximate surface area is 113 Å². The number of nitrogens with one attached hydrogen (secondary N) is 1. The maximum atomic E-state index is 5.75. The Balaban J connectivity index is 2.13. The predicted molar refractivity (Wildman–Crippen MR) is 75.1 cm³/mol. The zero-order valence-corrected chi connectivity index (χ0v) is 11.5. The van der Waals surface area contributed by atoms with Crippen LogP contribution in [0.5, 0.6) is 5.75 Å². The molecule has 1 aromatic carbocycles. The van der Waals surface area contributed by atoms with Crippen molar-refractivity contribution in [2.24, 2.45) is 0 Å². The Kier molecular flexibility index (Phi) is 4.98. The molecule has 2 rings (SSSR count). The van der Waals surface area contributed by atoms with Crippen LogP contribution in [0.2, 0.25) is 0 Å². The molecular formula is C15H20N2O2. The minimum Gasteiger partial charge on any atom is -0.493 e. The molecule has 102 valence electrons. The monoisotopic (exact) mass is 260 g/mol. The van der Waals surface area contributed by atoms with Crippen LogP contribution in [0.25, 0.3) is 11.3 Å². The molecule has 4 nitrogen and oxygen atoms in total. The summed E-state index contributed by atoms with van der Waals surface area (Å²) in [7, 11) is 0. The highest BCUT2D eigenvalue weighted by molar-refractivity contribution is 5.64. The summed E-state index contributed by atoms with van der Waals surface area (Å²) >= 11 is 0. The van der Waals surface area contributed by atoms with E-state index in [-0.39, 0.29) is 0 Å². The van der Waals surface area contributed by atoms with Crippen LogP contribution in [0.1, 0.15) is 26.2 Å². The number of nitrogens with zero attached hydrogens (tertiary/aromatic N) is 1. The Morgan fingerprint density at radius 3 is 2.89 bits per heavy atom. The Hall–Kier alpha value is -1.81. The van der Waals surface area contributed by atoms with Crippen LogP contribution in [0.4, 0.5) is 0 Å². The van der Waals surface area contributed by atoms with Gasteiger partial charge in [0.05, 0.1) is 24.9 Å². The van der Waals surface area contributed by atoms with Crippen molar-refractivity contribution in [1.29, 1.82) is 0 Å². The van der Waals surface area contributed by atoms with Crippen LogP contribution in [0.3, 0.4) is 0 Å². The van der Waals surface area contributed by atoms with E-state index in [2.05, 4.69) is 17.2 Å². The number of ether oxygens (including phenoxy) is 1. The normalized spacial score (nSPS) is 10.6. The smallest absolute Gasteiger partial charge is 0.208 e. The molecule has 0 spiro atoms. The first kappa shape index (κ1) is 13.6.